The van der Waals surface area contributed by atoms with Crippen LogP contribution < -0.4 is 10.1 Å². The van der Waals surface area contributed by atoms with Crippen LogP contribution in [0.3, 0.4) is 0 Å². The van der Waals surface area contributed by atoms with Crippen molar-refractivity contribution in [1.82, 2.24) is 0 Å². The van der Waals surface area contributed by atoms with Crippen LogP contribution in [0.1, 0.15) is 41.3 Å². The molecule has 0 aliphatic heterocycles. The van der Waals surface area contributed by atoms with Gasteiger partial charge in [-0.2, -0.15) is 0 Å². The third-order valence-corrected chi connectivity index (χ3v) is 4.98. The standard InChI is InChI=1S/C28H29NO4/c1-2-32-27(30)20-17-23-13-6-7-14-26(23)29-28(31)24-15-18-25(19-16-24)33-21-9-8-12-22-10-4-3-5-11-22/h3-7,10-11,13-20H,2,8-9,12,21H2,1H3,(H,29,31). The largest absolute Gasteiger partial charge is 0.494 e. The second-order valence-electron chi connectivity index (χ2n) is 7.44. The molecule has 0 bridgehead atoms. The zero-order valence-electron chi connectivity index (χ0n) is 18.8. The first-order valence-electron chi connectivity index (χ1n) is 11.2. The molecule has 0 fully saturated rings. The Kier molecular flexibility index (Phi) is 9.28. The molecular weight excluding hydrogens is 414 g/mol. The van der Waals surface area contributed by atoms with Crippen molar-refractivity contribution >= 4 is 23.6 Å². The summed E-state index contributed by atoms with van der Waals surface area (Å²) in [5, 5.41) is 2.89. The molecule has 0 aliphatic rings. The number of carbonyl (C=O) groups is 2. The van der Waals surface area contributed by atoms with E-state index in [4.69, 9.17) is 9.47 Å². The number of unbranched alkanes of at least 4 members (excludes halogenated alkanes) is 1. The summed E-state index contributed by atoms with van der Waals surface area (Å²) >= 11 is 0. The molecule has 0 atom stereocenters. The minimum atomic E-state index is -0.422. The molecule has 0 radical (unpaired) electrons. The second kappa shape index (κ2) is 12.9. The summed E-state index contributed by atoms with van der Waals surface area (Å²) in [6, 6.07) is 24.8. The van der Waals surface area contributed by atoms with Crippen molar-refractivity contribution in [2.24, 2.45) is 0 Å². The first kappa shape index (κ1) is 23.8. The van der Waals surface area contributed by atoms with Crippen molar-refractivity contribution in [3.05, 3.63) is 102 Å². The van der Waals surface area contributed by atoms with Gasteiger partial charge in [0, 0.05) is 17.3 Å². The smallest absolute Gasteiger partial charge is 0.330 e. The normalized spacial score (nSPS) is 10.7. The highest BCUT2D eigenvalue weighted by Gasteiger charge is 2.09. The number of carbonyl (C=O) groups excluding carboxylic acids is 2. The molecule has 0 unspecified atom stereocenters. The summed E-state index contributed by atoms with van der Waals surface area (Å²) in [5.41, 5.74) is 3.19. The lowest BCUT2D eigenvalue weighted by molar-refractivity contribution is -0.137. The Morgan fingerprint density at radius 1 is 0.879 bits per heavy atom. The Balaban J connectivity index is 1.49. The molecular formula is C28H29NO4. The predicted octanol–water partition coefficient (Wildman–Crippen LogP) is 5.92. The summed E-state index contributed by atoms with van der Waals surface area (Å²) in [6.45, 7) is 2.70. The molecule has 170 valence electrons. The molecule has 1 amide bonds. The van der Waals surface area contributed by atoms with Gasteiger partial charge < -0.3 is 14.8 Å². The van der Waals surface area contributed by atoms with E-state index in [1.165, 1.54) is 11.6 Å². The van der Waals surface area contributed by atoms with Crippen molar-refractivity contribution in [2.45, 2.75) is 26.2 Å². The van der Waals surface area contributed by atoms with E-state index in [2.05, 4.69) is 29.6 Å². The van der Waals surface area contributed by atoms with Gasteiger partial charge in [0.15, 0.2) is 0 Å². The molecule has 5 heteroatoms. The predicted molar refractivity (Wildman–Crippen MR) is 131 cm³/mol. The summed E-state index contributed by atoms with van der Waals surface area (Å²) in [4.78, 5) is 24.3. The lowest BCUT2D eigenvalue weighted by Crippen LogP contribution is -2.12. The van der Waals surface area contributed by atoms with Crippen LogP contribution >= 0.6 is 0 Å². The minimum absolute atomic E-state index is 0.235. The van der Waals surface area contributed by atoms with Crippen molar-refractivity contribution < 1.29 is 19.1 Å². The van der Waals surface area contributed by atoms with Gasteiger partial charge in [-0.15, -0.1) is 0 Å². The average Bonchev–Trinajstić information content (AvgIpc) is 2.84. The van der Waals surface area contributed by atoms with Gasteiger partial charge in [-0.3, -0.25) is 4.79 Å². The van der Waals surface area contributed by atoms with E-state index in [1.807, 2.05) is 24.3 Å². The van der Waals surface area contributed by atoms with E-state index < -0.39 is 5.97 Å². The molecule has 0 saturated carbocycles. The highest BCUT2D eigenvalue weighted by atomic mass is 16.5. The Labute approximate surface area is 195 Å². The van der Waals surface area contributed by atoms with Crippen LogP contribution in [0.25, 0.3) is 6.08 Å². The SMILES string of the molecule is CCOC(=O)C=Cc1ccccc1NC(=O)c1ccc(OCCCCc2ccccc2)cc1. The average molecular weight is 444 g/mol. The number of nitrogens with one attached hydrogen (secondary N) is 1. The number of esters is 1. The van der Waals surface area contributed by atoms with Gasteiger partial charge in [-0.25, -0.2) is 4.79 Å². The van der Waals surface area contributed by atoms with E-state index in [1.54, 1.807) is 43.3 Å². The zero-order chi connectivity index (χ0) is 23.3. The van der Waals surface area contributed by atoms with Crippen molar-refractivity contribution in [1.29, 1.82) is 0 Å². The quantitative estimate of drug-likeness (QED) is 0.227. The lowest BCUT2D eigenvalue weighted by atomic mass is 10.1. The van der Waals surface area contributed by atoms with E-state index in [0.717, 1.165) is 25.0 Å². The number of hydrogen-bond acceptors (Lipinski definition) is 4. The molecule has 3 aromatic carbocycles. The number of benzene rings is 3. The molecule has 0 aliphatic carbocycles. The van der Waals surface area contributed by atoms with Gasteiger partial charge in [0.1, 0.15) is 5.75 Å². The maximum Gasteiger partial charge on any atom is 0.330 e. The molecule has 0 saturated heterocycles. The Morgan fingerprint density at radius 3 is 2.36 bits per heavy atom. The van der Waals surface area contributed by atoms with Crippen LogP contribution in [0.5, 0.6) is 5.75 Å². The highest BCUT2D eigenvalue weighted by molar-refractivity contribution is 6.05. The summed E-state index contributed by atoms with van der Waals surface area (Å²) in [6.07, 6.45) is 6.05. The number of hydrogen-bond donors (Lipinski definition) is 1. The van der Waals surface area contributed by atoms with Crippen molar-refractivity contribution in [2.75, 3.05) is 18.5 Å². The highest BCUT2D eigenvalue weighted by Crippen LogP contribution is 2.19. The first-order valence-corrected chi connectivity index (χ1v) is 11.2. The molecule has 0 spiro atoms. The molecule has 33 heavy (non-hydrogen) atoms. The molecule has 1 N–H and O–H groups in total. The van der Waals surface area contributed by atoms with Gasteiger partial charge in [0.2, 0.25) is 0 Å². The third-order valence-electron chi connectivity index (χ3n) is 4.98. The van der Waals surface area contributed by atoms with E-state index in [0.29, 0.717) is 30.0 Å². The molecule has 0 heterocycles. The van der Waals surface area contributed by atoms with Crippen LogP contribution in [0.4, 0.5) is 5.69 Å². The number of aryl methyl sites for hydroxylation is 1. The van der Waals surface area contributed by atoms with Crippen LogP contribution in [-0.4, -0.2) is 25.1 Å². The minimum Gasteiger partial charge on any atom is -0.494 e. The Bertz CT molecular complexity index is 1060. The lowest BCUT2D eigenvalue weighted by Gasteiger charge is -2.10. The van der Waals surface area contributed by atoms with Crippen LogP contribution in [0.15, 0.2) is 84.9 Å². The fourth-order valence-corrected chi connectivity index (χ4v) is 3.27. The van der Waals surface area contributed by atoms with E-state index in [9.17, 15) is 9.59 Å². The fraction of sp³-hybridized carbons (Fsp3) is 0.214. The topological polar surface area (TPSA) is 64.6 Å². The summed E-state index contributed by atoms with van der Waals surface area (Å²) in [7, 11) is 0. The number of para-hydroxylation sites is 1. The number of amides is 1. The Morgan fingerprint density at radius 2 is 1.61 bits per heavy atom. The number of ether oxygens (including phenoxy) is 2. The van der Waals surface area contributed by atoms with Crippen LogP contribution in [0.2, 0.25) is 0 Å². The van der Waals surface area contributed by atoms with Gasteiger partial charge in [-0.1, -0.05) is 48.5 Å². The van der Waals surface area contributed by atoms with Gasteiger partial charge >= 0.3 is 5.97 Å². The summed E-state index contributed by atoms with van der Waals surface area (Å²) < 4.78 is 10.7. The molecule has 3 rings (SSSR count). The maximum atomic E-state index is 12.7. The number of anilines is 1. The molecule has 3 aromatic rings. The monoisotopic (exact) mass is 443 g/mol. The zero-order valence-corrected chi connectivity index (χ0v) is 18.8. The van der Waals surface area contributed by atoms with Gasteiger partial charge in [0.25, 0.3) is 5.91 Å². The van der Waals surface area contributed by atoms with Crippen LogP contribution in [0, 0.1) is 0 Å². The molecule has 5 nitrogen and oxygen atoms in total. The maximum absolute atomic E-state index is 12.7. The number of rotatable bonds is 11. The summed E-state index contributed by atoms with van der Waals surface area (Å²) in [5.74, 6) is 0.0831. The van der Waals surface area contributed by atoms with Crippen LogP contribution in [-0.2, 0) is 16.0 Å². The van der Waals surface area contributed by atoms with Gasteiger partial charge in [-0.05, 0) is 73.7 Å². The fourth-order valence-electron chi connectivity index (χ4n) is 3.27. The van der Waals surface area contributed by atoms with Crippen molar-refractivity contribution in [3.8, 4) is 5.75 Å². The van der Waals surface area contributed by atoms with Crippen molar-refractivity contribution in [3.63, 3.8) is 0 Å². The van der Waals surface area contributed by atoms with Gasteiger partial charge in [0.05, 0.1) is 13.2 Å². The van der Waals surface area contributed by atoms with E-state index in [-0.39, 0.29) is 5.91 Å². The Hall–Kier alpha value is -3.86. The second-order valence-corrected chi connectivity index (χ2v) is 7.44. The molecule has 0 aromatic heterocycles. The first-order chi connectivity index (χ1) is 16.2. The van der Waals surface area contributed by atoms with E-state index >= 15 is 0 Å². The third kappa shape index (κ3) is 7.96.